The maximum atomic E-state index is 12.4. The number of hydrogen-bond donors (Lipinski definition) is 2. The smallest absolute Gasteiger partial charge is 0.387 e. The summed E-state index contributed by atoms with van der Waals surface area (Å²) in [6, 6.07) is 13.5. The minimum Gasteiger partial charge on any atom is -0.449 e. The average Bonchev–Trinajstić information content (AvgIpc) is 2.67. The summed E-state index contributed by atoms with van der Waals surface area (Å²) in [5.41, 5.74) is 0.566. The Hall–Kier alpha value is -3.49. The molecule has 2 aromatic rings. The Bertz CT molecular complexity index is 830. The Morgan fingerprint density at radius 1 is 1.00 bits per heavy atom. The van der Waals surface area contributed by atoms with E-state index >= 15 is 0 Å². The predicted octanol–water partition coefficient (Wildman–Crippen LogP) is 2.86. The number of para-hydroxylation sites is 1. The molecule has 0 aliphatic carbocycles. The first-order valence-corrected chi connectivity index (χ1v) is 8.24. The van der Waals surface area contributed by atoms with Crippen LogP contribution in [0.4, 0.5) is 13.6 Å². The van der Waals surface area contributed by atoms with Crippen molar-refractivity contribution in [2.75, 3.05) is 0 Å². The summed E-state index contributed by atoms with van der Waals surface area (Å²) < 4.78 is 34.0. The van der Waals surface area contributed by atoms with Crippen LogP contribution in [-0.2, 0) is 16.1 Å². The third kappa shape index (κ3) is 6.35. The average molecular weight is 392 g/mol. The summed E-state index contributed by atoms with van der Waals surface area (Å²) in [5, 5.41) is 4.52. The molecule has 0 heterocycles. The number of rotatable bonds is 7. The lowest BCUT2D eigenvalue weighted by molar-refractivity contribution is -0.128. The lowest BCUT2D eigenvalue weighted by Gasteiger charge is -2.15. The molecule has 0 aliphatic heterocycles. The van der Waals surface area contributed by atoms with Crippen LogP contribution in [0.1, 0.15) is 22.8 Å². The highest BCUT2D eigenvalue weighted by atomic mass is 19.3. The van der Waals surface area contributed by atoms with Gasteiger partial charge in [0.15, 0.2) is 6.10 Å². The summed E-state index contributed by atoms with van der Waals surface area (Å²) in [7, 11) is 0. The second-order valence-corrected chi connectivity index (χ2v) is 5.58. The van der Waals surface area contributed by atoms with Crippen LogP contribution in [0, 0.1) is 0 Å². The standard InChI is InChI=1S/C19H18F2N2O5/c1-12(16(24)23-19(26)22-11-13-7-3-2-4-8-13)27-17(25)14-9-5-6-10-15(14)28-18(20)21/h2-10,12,18H,11H2,1H3,(H2,22,23,24,26)/t12-/m0/s1. The van der Waals surface area contributed by atoms with Crippen molar-refractivity contribution in [2.24, 2.45) is 0 Å². The van der Waals surface area contributed by atoms with Gasteiger partial charge in [0, 0.05) is 6.54 Å². The number of urea groups is 1. The van der Waals surface area contributed by atoms with E-state index in [0.717, 1.165) is 5.56 Å². The molecule has 9 heteroatoms. The maximum absolute atomic E-state index is 12.4. The van der Waals surface area contributed by atoms with Gasteiger partial charge in [0.05, 0.1) is 0 Å². The van der Waals surface area contributed by atoms with Crippen molar-refractivity contribution in [2.45, 2.75) is 26.2 Å². The fourth-order valence-corrected chi connectivity index (χ4v) is 2.15. The maximum Gasteiger partial charge on any atom is 0.387 e. The molecule has 0 unspecified atom stereocenters. The molecule has 1 atom stereocenters. The molecule has 2 rings (SSSR count). The minimum absolute atomic E-state index is 0.201. The summed E-state index contributed by atoms with van der Waals surface area (Å²) in [4.78, 5) is 35.9. The van der Waals surface area contributed by atoms with Crippen molar-refractivity contribution in [3.05, 3.63) is 65.7 Å². The fraction of sp³-hybridized carbons (Fsp3) is 0.211. The van der Waals surface area contributed by atoms with E-state index in [1.54, 1.807) is 24.3 Å². The zero-order valence-corrected chi connectivity index (χ0v) is 14.9. The fourth-order valence-electron chi connectivity index (χ4n) is 2.15. The number of amides is 3. The van der Waals surface area contributed by atoms with Gasteiger partial charge in [0.2, 0.25) is 0 Å². The predicted molar refractivity (Wildman–Crippen MR) is 94.8 cm³/mol. The van der Waals surface area contributed by atoms with Gasteiger partial charge in [-0.05, 0) is 24.6 Å². The molecule has 0 bridgehead atoms. The number of alkyl halides is 2. The van der Waals surface area contributed by atoms with Gasteiger partial charge in [-0.25, -0.2) is 9.59 Å². The van der Waals surface area contributed by atoms with Gasteiger partial charge >= 0.3 is 18.6 Å². The summed E-state index contributed by atoms with van der Waals surface area (Å²) >= 11 is 0. The molecule has 28 heavy (non-hydrogen) atoms. The van der Waals surface area contributed by atoms with Gasteiger partial charge in [-0.1, -0.05) is 42.5 Å². The highest BCUT2D eigenvalue weighted by Crippen LogP contribution is 2.21. The van der Waals surface area contributed by atoms with Crippen molar-refractivity contribution >= 4 is 17.9 Å². The number of halogens is 2. The van der Waals surface area contributed by atoms with E-state index in [1.807, 2.05) is 11.4 Å². The van der Waals surface area contributed by atoms with Crippen LogP contribution >= 0.6 is 0 Å². The Morgan fingerprint density at radius 3 is 2.32 bits per heavy atom. The van der Waals surface area contributed by atoms with Crippen molar-refractivity contribution in [3.8, 4) is 5.75 Å². The Labute approximate surface area is 159 Å². The van der Waals surface area contributed by atoms with Gasteiger partial charge < -0.3 is 14.8 Å². The Kier molecular flexibility index (Phi) is 7.44. The van der Waals surface area contributed by atoms with Crippen LogP contribution in [0.25, 0.3) is 0 Å². The molecular formula is C19H18F2N2O5. The monoisotopic (exact) mass is 392 g/mol. The van der Waals surface area contributed by atoms with E-state index in [4.69, 9.17) is 4.74 Å². The normalized spacial score (nSPS) is 11.4. The van der Waals surface area contributed by atoms with Crippen molar-refractivity contribution in [1.82, 2.24) is 10.6 Å². The Morgan fingerprint density at radius 2 is 1.64 bits per heavy atom. The Balaban J connectivity index is 1.88. The van der Waals surface area contributed by atoms with Crippen molar-refractivity contribution < 1.29 is 32.6 Å². The van der Waals surface area contributed by atoms with Crippen molar-refractivity contribution in [1.29, 1.82) is 0 Å². The summed E-state index contributed by atoms with van der Waals surface area (Å²) in [5.74, 6) is -2.29. The number of carbonyl (C=O) groups excluding carboxylic acids is 3. The van der Waals surface area contributed by atoms with Gasteiger partial charge in [0.25, 0.3) is 5.91 Å². The molecule has 2 N–H and O–H groups in total. The first-order valence-electron chi connectivity index (χ1n) is 8.24. The van der Waals surface area contributed by atoms with Gasteiger partial charge in [-0.15, -0.1) is 0 Å². The second-order valence-electron chi connectivity index (χ2n) is 5.58. The second kappa shape index (κ2) is 10.0. The number of imide groups is 1. The number of carbonyl (C=O) groups is 3. The molecule has 7 nitrogen and oxygen atoms in total. The third-order valence-corrected chi connectivity index (χ3v) is 3.51. The van der Waals surface area contributed by atoms with Crippen LogP contribution in [0.5, 0.6) is 5.75 Å². The number of ether oxygens (including phenoxy) is 2. The van der Waals surface area contributed by atoms with Gasteiger partial charge in [-0.3, -0.25) is 10.1 Å². The molecule has 0 fully saturated rings. The lowest BCUT2D eigenvalue weighted by atomic mass is 10.2. The summed E-state index contributed by atoms with van der Waals surface area (Å²) in [6.07, 6.45) is -1.34. The highest BCUT2D eigenvalue weighted by molar-refractivity contribution is 5.99. The number of nitrogens with one attached hydrogen (secondary N) is 2. The van der Waals surface area contributed by atoms with Crippen LogP contribution in [0.15, 0.2) is 54.6 Å². The number of benzene rings is 2. The highest BCUT2D eigenvalue weighted by Gasteiger charge is 2.23. The largest absolute Gasteiger partial charge is 0.449 e. The lowest BCUT2D eigenvalue weighted by Crippen LogP contribution is -2.44. The van der Waals surface area contributed by atoms with E-state index in [2.05, 4.69) is 10.1 Å². The van der Waals surface area contributed by atoms with Crippen molar-refractivity contribution in [3.63, 3.8) is 0 Å². The SMILES string of the molecule is C[C@H](OC(=O)c1ccccc1OC(F)F)C(=O)NC(=O)NCc1ccccc1. The van der Waals surface area contributed by atoms with Gasteiger partial charge in [0.1, 0.15) is 11.3 Å². The van der Waals surface area contributed by atoms with E-state index in [0.29, 0.717) is 0 Å². The molecule has 0 saturated heterocycles. The molecule has 0 saturated carbocycles. The number of esters is 1. The number of hydrogen-bond acceptors (Lipinski definition) is 5. The minimum atomic E-state index is -3.12. The van der Waals surface area contributed by atoms with E-state index in [1.165, 1.54) is 31.2 Å². The van der Waals surface area contributed by atoms with E-state index in [9.17, 15) is 23.2 Å². The molecule has 148 valence electrons. The van der Waals surface area contributed by atoms with Crippen LogP contribution in [-0.4, -0.2) is 30.6 Å². The zero-order valence-electron chi connectivity index (χ0n) is 14.9. The van der Waals surface area contributed by atoms with Gasteiger partial charge in [-0.2, -0.15) is 8.78 Å². The molecule has 0 aromatic heterocycles. The first kappa shape index (κ1) is 20.8. The van der Waals surface area contributed by atoms with Crippen LogP contribution in [0.3, 0.4) is 0 Å². The van der Waals surface area contributed by atoms with E-state index in [-0.39, 0.29) is 17.9 Å². The molecule has 0 aliphatic rings. The third-order valence-electron chi connectivity index (χ3n) is 3.51. The quantitative estimate of drug-likeness (QED) is 0.707. The zero-order chi connectivity index (χ0) is 20.5. The molecule has 3 amide bonds. The van der Waals surface area contributed by atoms with Crippen LogP contribution < -0.4 is 15.4 Å². The van der Waals surface area contributed by atoms with E-state index < -0.39 is 30.6 Å². The van der Waals surface area contributed by atoms with Crippen LogP contribution in [0.2, 0.25) is 0 Å². The molecule has 0 radical (unpaired) electrons. The topological polar surface area (TPSA) is 93.7 Å². The summed E-state index contributed by atoms with van der Waals surface area (Å²) in [6.45, 7) is -1.68. The molecule has 2 aromatic carbocycles. The first-order chi connectivity index (χ1) is 13.4. The molecule has 0 spiro atoms. The molecular weight excluding hydrogens is 374 g/mol.